The first-order chi connectivity index (χ1) is 7.85. The van der Waals surface area contributed by atoms with Crippen LogP contribution in [-0.2, 0) is 4.74 Å². The molecule has 96 valence electrons. The minimum Gasteiger partial charge on any atom is -0.444 e. The van der Waals surface area contributed by atoms with E-state index in [1.54, 1.807) is 16.7 Å². The van der Waals surface area contributed by atoms with Crippen molar-refractivity contribution in [1.29, 1.82) is 0 Å². The van der Waals surface area contributed by atoms with Crippen molar-refractivity contribution in [3.63, 3.8) is 0 Å². The fourth-order valence-corrected chi connectivity index (χ4v) is 3.98. The number of piperidine rings is 1. The van der Waals surface area contributed by atoms with Crippen LogP contribution in [0.4, 0.5) is 4.79 Å². The highest BCUT2D eigenvalue weighted by atomic mass is 79.9. The van der Waals surface area contributed by atoms with Crippen LogP contribution in [0.5, 0.6) is 0 Å². The van der Waals surface area contributed by atoms with Gasteiger partial charge in [-0.25, -0.2) is 4.79 Å². The molecule has 0 spiro atoms. The summed E-state index contributed by atoms with van der Waals surface area (Å²) < 4.78 is 6.34. The maximum Gasteiger partial charge on any atom is 0.410 e. The van der Waals surface area contributed by atoms with Crippen molar-refractivity contribution >= 4 is 37.7 Å². The van der Waals surface area contributed by atoms with Crippen molar-refractivity contribution in [1.82, 2.24) is 4.90 Å². The molecule has 2 aliphatic heterocycles. The Morgan fingerprint density at radius 3 is 2.94 bits per heavy atom. The Kier molecular flexibility index (Phi) is 3.73. The van der Waals surface area contributed by atoms with E-state index in [9.17, 15) is 4.79 Å². The number of aliphatic imine (C=N–C) groups is 1. The lowest BCUT2D eigenvalue weighted by Gasteiger charge is -2.34. The van der Waals surface area contributed by atoms with Crippen LogP contribution < -0.4 is 0 Å². The van der Waals surface area contributed by atoms with Crippen molar-refractivity contribution in [2.24, 2.45) is 4.99 Å². The van der Waals surface area contributed by atoms with Gasteiger partial charge in [-0.15, -0.1) is 0 Å². The molecule has 4 nitrogen and oxygen atoms in total. The number of halogens is 1. The number of thioether (sulfide) groups is 1. The Labute approximate surface area is 114 Å². The standard InChI is InChI=1S/C11H17BrN2O2S/c1-11(2,3)16-10(15)14-5-4-7-8(6-14)17-9(12)13-7/h7-8H,4-6H2,1-3H3. The number of likely N-dealkylation sites (tertiary alicyclic amines) is 1. The van der Waals surface area contributed by atoms with Gasteiger partial charge in [0.2, 0.25) is 0 Å². The molecule has 1 saturated heterocycles. The quantitative estimate of drug-likeness (QED) is 0.689. The summed E-state index contributed by atoms with van der Waals surface area (Å²) in [7, 11) is 0. The fourth-order valence-electron chi connectivity index (χ4n) is 1.95. The van der Waals surface area contributed by atoms with Gasteiger partial charge in [-0.3, -0.25) is 4.99 Å². The van der Waals surface area contributed by atoms with Crippen molar-refractivity contribution < 1.29 is 9.53 Å². The van der Waals surface area contributed by atoms with E-state index in [0.29, 0.717) is 11.3 Å². The summed E-state index contributed by atoms with van der Waals surface area (Å²) in [4.78, 5) is 18.2. The number of hydrogen-bond acceptors (Lipinski definition) is 4. The Morgan fingerprint density at radius 1 is 1.59 bits per heavy atom. The zero-order valence-electron chi connectivity index (χ0n) is 10.3. The molecule has 6 heteroatoms. The van der Waals surface area contributed by atoms with Gasteiger partial charge in [0, 0.05) is 13.1 Å². The maximum absolute atomic E-state index is 11.9. The molecule has 0 aromatic heterocycles. The topological polar surface area (TPSA) is 41.9 Å². The van der Waals surface area contributed by atoms with Gasteiger partial charge in [0.15, 0.2) is 0 Å². The Hall–Kier alpha value is -0.230. The van der Waals surface area contributed by atoms with Gasteiger partial charge in [0.25, 0.3) is 0 Å². The Bertz CT molecular complexity index is 354. The normalized spacial score (nSPS) is 28.7. The van der Waals surface area contributed by atoms with Crippen LogP contribution in [0.2, 0.25) is 0 Å². The third kappa shape index (κ3) is 3.37. The molecule has 0 N–H and O–H groups in total. The van der Waals surface area contributed by atoms with E-state index in [4.69, 9.17) is 4.74 Å². The zero-order valence-corrected chi connectivity index (χ0v) is 12.7. The van der Waals surface area contributed by atoms with Crippen LogP contribution in [0.3, 0.4) is 0 Å². The lowest BCUT2D eigenvalue weighted by Crippen LogP contribution is -2.47. The largest absolute Gasteiger partial charge is 0.444 e. The minimum atomic E-state index is -0.423. The maximum atomic E-state index is 11.9. The second kappa shape index (κ2) is 4.80. The van der Waals surface area contributed by atoms with Gasteiger partial charge < -0.3 is 9.64 Å². The van der Waals surface area contributed by atoms with Crippen LogP contribution in [-0.4, -0.2) is 44.9 Å². The number of nitrogens with zero attached hydrogens (tertiary/aromatic N) is 2. The number of hydrogen-bond donors (Lipinski definition) is 0. The molecular formula is C11H17BrN2O2S. The predicted octanol–water partition coefficient (Wildman–Crippen LogP) is 2.86. The number of ether oxygens (including phenoxy) is 1. The predicted molar refractivity (Wildman–Crippen MR) is 74.0 cm³/mol. The van der Waals surface area contributed by atoms with Gasteiger partial charge in [-0.1, -0.05) is 11.8 Å². The molecule has 1 amide bonds. The van der Waals surface area contributed by atoms with Crippen molar-refractivity contribution in [2.75, 3.05) is 13.1 Å². The molecule has 0 bridgehead atoms. The number of fused-ring (bicyclic) bond motifs is 1. The highest BCUT2D eigenvalue weighted by Gasteiger charge is 2.37. The van der Waals surface area contributed by atoms with E-state index in [0.717, 1.165) is 23.5 Å². The molecule has 0 aliphatic carbocycles. The van der Waals surface area contributed by atoms with Crippen LogP contribution in [0.15, 0.2) is 4.99 Å². The molecule has 0 aromatic rings. The first kappa shape index (κ1) is 13.2. The van der Waals surface area contributed by atoms with E-state index in [1.165, 1.54) is 0 Å². The minimum absolute atomic E-state index is 0.209. The highest BCUT2D eigenvalue weighted by molar-refractivity contribution is 9.22. The molecule has 2 heterocycles. The molecule has 2 unspecified atom stereocenters. The summed E-state index contributed by atoms with van der Waals surface area (Å²) in [5.74, 6) is 0. The molecule has 0 saturated carbocycles. The van der Waals surface area contributed by atoms with E-state index in [2.05, 4.69) is 20.9 Å². The number of carbonyl (C=O) groups is 1. The summed E-state index contributed by atoms with van der Waals surface area (Å²) >= 11 is 5.12. The van der Waals surface area contributed by atoms with Crippen molar-refractivity contribution in [2.45, 2.75) is 44.1 Å². The van der Waals surface area contributed by atoms with Crippen LogP contribution in [0.1, 0.15) is 27.2 Å². The Balaban J connectivity index is 1.91. The van der Waals surface area contributed by atoms with Crippen molar-refractivity contribution in [3.8, 4) is 0 Å². The molecule has 2 aliphatic rings. The smallest absolute Gasteiger partial charge is 0.410 e. The lowest BCUT2D eigenvalue weighted by atomic mass is 10.1. The Morgan fingerprint density at radius 2 is 2.29 bits per heavy atom. The van der Waals surface area contributed by atoms with E-state index < -0.39 is 5.60 Å². The average molecular weight is 321 g/mol. The second-order valence-corrected chi connectivity index (χ2v) is 7.82. The van der Waals surface area contributed by atoms with E-state index in [-0.39, 0.29) is 6.09 Å². The monoisotopic (exact) mass is 320 g/mol. The second-order valence-electron chi connectivity index (χ2n) is 5.32. The molecule has 2 atom stereocenters. The number of amides is 1. The van der Waals surface area contributed by atoms with Crippen LogP contribution in [0.25, 0.3) is 0 Å². The van der Waals surface area contributed by atoms with E-state index in [1.807, 2.05) is 20.8 Å². The SMILES string of the molecule is CC(C)(C)OC(=O)N1CCC2N=C(Br)SC2C1. The third-order valence-electron chi connectivity index (χ3n) is 2.69. The molecule has 0 radical (unpaired) electrons. The first-order valence-electron chi connectivity index (χ1n) is 5.73. The molecule has 0 aromatic carbocycles. The fraction of sp³-hybridized carbons (Fsp3) is 0.818. The van der Waals surface area contributed by atoms with Crippen LogP contribution >= 0.6 is 27.7 Å². The summed E-state index contributed by atoms with van der Waals surface area (Å²) in [5.41, 5.74) is -0.423. The highest BCUT2D eigenvalue weighted by Crippen LogP contribution is 2.35. The number of rotatable bonds is 0. The third-order valence-corrected chi connectivity index (χ3v) is 4.52. The average Bonchev–Trinajstić information content (AvgIpc) is 2.53. The molecule has 2 rings (SSSR count). The van der Waals surface area contributed by atoms with Gasteiger partial charge in [-0.05, 0) is 43.1 Å². The zero-order chi connectivity index (χ0) is 12.6. The lowest BCUT2D eigenvalue weighted by molar-refractivity contribution is 0.0214. The summed E-state index contributed by atoms with van der Waals surface area (Å²) in [6.07, 6.45) is 0.714. The molecule has 17 heavy (non-hydrogen) atoms. The summed E-state index contributed by atoms with van der Waals surface area (Å²) in [5, 5.41) is 0.380. The van der Waals surface area contributed by atoms with Gasteiger partial charge in [0.1, 0.15) is 9.55 Å². The summed E-state index contributed by atoms with van der Waals surface area (Å²) in [6, 6.07) is 0.355. The first-order valence-corrected chi connectivity index (χ1v) is 7.40. The van der Waals surface area contributed by atoms with E-state index >= 15 is 0 Å². The summed E-state index contributed by atoms with van der Waals surface area (Å²) in [6.45, 7) is 7.13. The van der Waals surface area contributed by atoms with Gasteiger partial charge >= 0.3 is 6.09 Å². The molecule has 1 fully saturated rings. The van der Waals surface area contributed by atoms with Gasteiger partial charge in [-0.2, -0.15) is 0 Å². The van der Waals surface area contributed by atoms with Crippen molar-refractivity contribution in [3.05, 3.63) is 0 Å². The van der Waals surface area contributed by atoms with Gasteiger partial charge in [0.05, 0.1) is 11.3 Å². The van der Waals surface area contributed by atoms with Crippen LogP contribution in [0, 0.1) is 0 Å². The molecular weight excluding hydrogens is 304 g/mol. The number of carbonyl (C=O) groups excluding carboxylic acids is 1.